The van der Waals surface area contributed by atoms with Gasteiger partial charge in [-0.05, 0) is 49.1 Å². The second-order valence-electron chi connectivity index (χ2n) is 6.84. The molecule has 2 atom stereocenters. The molecule has 1 saturated heterocycles. The normalized spacial score (nSPS) is 26.7. The lowest BCUT2D eigenvalue weighted by molar-refractivity contribution is -0.134. The van der Waals surface area contributed by atoms with E-state index in [0.717, 1.165) is 31.4 Å². The fraction of sp³-hybridized carbons (Fsp3) is 0.684. The van der Waals surface area contributed by atoms with Gasteiger partial charge in [0.1, 0.15) is 0 Å². The van der Waals surface area contributed by atoms with Crippen LogP contribution in [-0.4, -0.2) is 17.3 Å². The number of hydrogen-bond acceptors (Lipinski definition) is 2. The molecule has 1 aliphatic carbocycles. The molecule has 1 aromatic rings. The van der Waals surface area contributed by atoms with Crippen molar-refractivity contribution in [3.8, 4) is 0 Å². The lowest BCUT2D eigenvalue weighted by Crippen LogP contribution is -2.42. The quantitative estimate of drug-likeness (QED) is 0.892. The lowest BCUT2D eigenvalue weighted by Gasteiger charge is -2.45. The Morgan fingerprint density at radius 2 is 2.00 bits per heavy atom. The molecule has 2 aliphatic rings. The molecule has 1 spiro atoms. The third-order valence-corrected chi connectivity index (χ3v) is 5.50. The first-order valence-electron chi connectivity index (χ1n) is 8.64. The average molecular weight is 288 g/mol. The minimum Gasteiger partial charge on any atom is -0.388 e. The van der Waals surface area contributed by atoms with Gasteiger partial charge in [-0.2, -0.15) is 0 Å². The van der Waals surface area contributed by atoms with Gasteiger partial charge in [-0.15, -0.1) is 0 Å². The second kappa shape index (κ2) is 6.50. The highest BCUT2D eigenvalue weighted by atomic mass is 16.5. The molecule has 116 valence electrons. The standard InChI is InChI=1S/C19H28O2/c1-2-15-8-4-5-9-17(15)18(20)16-10-13-21-19(14-16)11-6-3-7-12-19/h4-5,8-9,16,18,20H,2-3,6-7,10-14H2,1H3. The van der Waals surface area contributed by atoms with Gasteiger partial charge in [0.25, 0.3) is 0 Å². The van der Waals surface area contributed by atoms with Gasteiger partial charge in [-0.3, -0.25) is 0 Å². The predicted octanol–water partition coefficient (Wildman–Crippen LogP) is 4.41. The van der Waals surface area contributed by atoms with E-state index in [9.17, 15) is 5.11 Å². The Morgan fingerprint density at radius 3 is 2.76 bits per heavy atom. The van der Waals surface area contributed by atoms with Crippen LogP contribution in [0.2, 0.25) is 0 Å². The summed E-state index contributed by atoms with van der Waals surface area (Å²) in [6, 6.07) is 8.37. The summed E-state index contributed by atoms with van der Waals surface area (Å²) in [7, 11) is 0. The molecule has 0 aromatic heterocycles. The Balaban J connectivity index is 1.76. The Bertz CT molecular complexity index is 457. The SMILES string of the molecule is CCc1ccccc1C(O)C1CCOC2(CCCCC2)C1. The fourth-order valence-electron chi connectivity index (χ4n) is 4.28. The average Bonchev–Trinajstić information content (AvgIpc) is 2.55. The van der Waals surface area contributed by atoms with Gasteiger partial charge in [0.2, 0.25) is 0 Å². The summed E-state index contributed by atoms with van der Waals surface area (Å²) < 4.78 is 6.17. The van der Waals surface area contributed by atoms with Crippen LogP contribution in [0, 0.1) is 5.92 Å². The van der Waals surface area contributed by atoms with E-state index < -0.39 is 0 Å². The van der Waals surface area contributed by atoms with Crippen LogP contribution >= 0.6 is 0 Å². The first kappa shape index (κ1) is 15.1. The van der Waals surface area contributed by atoms with Gasteiger partial charge in [0.05, 0.1) is 11.7 Å². The molecule has 1 aliphatic heterocycles. The Labute approximate surface area is 128 Å². The zero-order valence-electron chi connectivity index (χ0n) is 13.2. The highest BCUT2D eigenvalue weighted by Gasteiger charge is 2.40. The molecule has 1 heterocycles. The first-order valence-corrected chi connectivity index (χ1v) is 8.64. The minimum atomic E-state index is -0.330. The summed E-state index contributed by atoms with van der Waals surface area (Å²) in [5.41, 5.74) is 2.50. The molecular formula is C19H28O2. The molecule has 0 bridgehead atoms. The largest absolute Gasteiger partial charge is 0.388 e. The van der Waals surface area contributed by atoms with E-state index in [1.54, 1.807) is 0 Å². The van der Waals surface area contributed by atoms with E-state index in [4.69, 9.17) is 4.74 Å². The van der Waals surface area contributed by atoms with E-state index in [2.05, 4.69) is 25.1 Å². The second-order valence-corrected chi connectivity index (χ2v) is 6.84. The van der Waals surface area contributed by atoms with Gasteiger partial charge < -0.3 is 9.84 Å². The van der Waals surface area contributed by atoms with Crippen LogP contribution in [0.15, 0.2) is 24.3 Å². The summed E-state index contributed by atoms with van der Waals surface area (Å²) in [6.45, 7) is 2.98. The van der Waals surface area contributed by atoms with Crippen molar-refractivity contribution in [2.75, 3.05) is 6.61 Å². The van der Waals surface area contributed by atoms with Crippen LogP contribution in [0.5, 0.6) is 0 Å². The van der Waals surface area contributed by atoms with Crippen LogP contribution in [-0.2, 0) is 11.2 Å². The van der Waals surface area contributed by atoms with Gasteiger partial charge >= 0.3 is 0 Å². The highest BCUT2D eigenvalue weighted by Crippen LogP contribution is 2.44. The number of aliphatic hydroxyl groups is 1. The number of aliphatic hydroxyl groups excluding tert-OH is 1. The highest BCUT2D eigenvalue weighted by molar-refractivity contribution is 5.29. The maximum Gasteiger partial charge on any atom is 0.0822 e. The van der Waals surface area contributed by atoms with Crippen molar-refractivity contribution >= 4 is 0 Å². The zero-order chi connectivity index (χ0) is 14.7. The summed E-state index contributed by atoms with van der Waals surface area (Å²) in [4.78, 5) is 0. The van der Waals surface area contributed by atoms with Crippen molar-refractivity contribution in [2.24, 2.45) is 5.92 Å². The van der Waals surface area contributed by atoms with E-state index in [0.29, 0.717) is 5.92 Å². The van der Waals surface area contributed by atoms with E-state index in [1.165, 1.54) is 37.7 Å². The molecule has 3 rings (SSSR count). The van der Waals surface area contributed by atoms with Crippen molar-refractivity contribution in [2.45, 2.75) is 70.0 Å². The third-order valence-electron chi connectivity index (χ3n) is 5.50. The molecule has 1 saturated carbocycles. The summed E-state index contributed by atoms with van der Waals surface area (Å²) in [5, 5.41) is 10.9. The van der Waals surface area contributed by atoms with Crippen LogP contribution in [0.1, 0.15) is 69.1 Å². The Morgan fingerprint density at radius 1 is 1.24 bits per heavy atom. The third kappa shape index (κ3) is 3.17. The van der Waals surface area contributed by atoms with E-state index >= 15 is 0 Å². The number of ether oxygens (including phenoxy) is 1. The number of hydrogen-bond donors (Lipinski definition) is 1. The number of benzene rings is 1. The maximum absolute atomic E-state index is 10.9. The van der Waals surface area contributed by atoms with Crippen molar-refractivity contribution < 1.29 is 9.84 Å². The smallest absolute Gasteiger partial charge is 0.0822 e. The summed E-state index contributed by atoms with van der Waals surface area (Å²) >= 11 is 0. The van der Waals surface area contributed by atoms with Gasteiger partial charge in [-0.1, -0.05) is 50.5 Å². The Hall–Kier alpha value is -0.860. The topological polar surface area (TPSA) is 29.5 Å². The van der Waals surface area contributed by atoms with Crippen molar-refractivity contribution in [3.05, 3.63) is 35.4 Å². The van der Waals surface area contributed by atoms with Crippen LogP contribution in [0.25, 0.3) is 0 Å². The predicted molar refractivity (Wildman–Crippen MR) is 85.3 cm³/mol. The summed E-state index contributed by atoms with van der Waals surface area (Å²) in [6.07, 6.45) is 8.97. The lowest BCUT2D eigenvalue weighted by atomic mass is 9.73. The van der Waals surface area contributed by atoms with E-state index in [-0.39, 0.29) is 11.7 Å². The molecule has 1 aromatic carbocycles. The first-order chi connectivity index (χ1) is 10.2. The molecule has 2 fully saturated rings. The molecule has 21 heavy (non-hydrogen) atoms. The molecule has 2 nitrogen and oxygen atoms in total. The van der Waals surface area contributed by atoms with Crippen molar-refractivity contribution in [3.63, 3.8) is 0 Å². The van der Waals surface area contributed by atoms with Crippen LogP contribution in [0.3, 0.4) is 0 Å². The van der Waals surface area contributed by atoms with Gasteiger partial charge in [0.15, 0.2) is 0 Å². The molecule has 0 amide bonds. The molecule has 1 N–H and O–H groups in total. The molecular weight excluding hydrogens is 260 g/mol. The maximum atomic E-state index is 10.9. The van der Waals surface area contributed by atoms with Crippen LogP contribution < -0.4 is 0 Å². The number of aryl methyl sites for hydroxylation is 1. The van der Waals surface area contributed by atoms with Gasteiger partial charge in [0, 0.05) is 6.61 Å². The molecule has 2 unspecified atom stereocenters. The van der Waals surface area contributed by atoms with Gasteiger partial charge in [-0.25, -0.2) is 0 Å². The monoisotopic (exact) mass is 288 g/mol. The van der Waals surface area contributed by atoms with Crippen molar-refractivity contribution in [1.82, 2.24) is 0 Å². The van der Waals surface area contributed by atoms with E-state index in [1.807, 2.05) is 6.07 Å². The summed E-state index contributed by atoms with van der Waals surface area (Å²) in [5.74, 6) is 0.351. The zero-order valence-corrected chi connectivity index (χ0v) is 13.2. The molecule has 2 heteroatoms. The fourth-order valence-corrected chi connectivity index (χ4v) is 4.28. The Kier molecular flexibility index (Phi) is 4.66. The number of rotatable bonds is 3. The van der Waals surface area contributed by atoms with Crippen LogP contribution in [0.4, 0.5) is 0 Å². The molecule has 0 radical (unpaired) electrons. The van der Waals surface area contributed by atoms with Crippen molar-refractivity contribution in [1.29, 1.82) is 0 Å². The minimum absolute atomic E-state index is 0.0727.